The summed E-state index contributed by atoms with van der Waals surface area (Å²) in [5.74, 6) is -1.97. The largest absolute Gasteiger partial charge is 0.467 e. The van der Waals surface area contributed by atoms with E-state index in [4.69, 9.17) is 5.26 Å². The van der Waals surface area contributed by atoms with Gasteiger partial charge in [0.15, 0.2) is 0 Å². The molecule has 0 spiro atoms. The molecule has 0 bridgehead atoms. The third-order valence-corrected chi connectivity index (χ3v) is 3.08. The Labute approximate surface area is 134 Å². The van der Waals surface area contributed by atoms with Crippen molar-refractivity contribution >= 4 is 17.8 Å². The highest BCUT2D eigenvalue weighted by molar-refractivity contribution is 5.96. The third kappa shape index (κ3) is 6.18. The summed E-state index contributed by atoms with van der Waals surface area (Å²) in [6.45, 7) is 1.36. The van der Waals surface area contributed by atoms with Crippen molar-refractivity contribution in [1.29, 1.82) is 5.26 Å². The average Bonchev–Trinajstić information content (AvgIpc) is 2.58. The second kappa shape index (κ2) is 9.20. The van der Waals surface area contributed by atoms with E-state index in [1.165, 1.54) is 7.11 Å². The van der Waals surface area contributed by atoms with Gasteiger partial charge < -0.3 is 15.4 Å². The summed E-state index contributed by atoms with van der Waals surface area (Å²) < 4.78 is 4.60. The SMILES string of the molecule is COC(=O)[C@@H](C[C@H](C)C#N)NC(=O)CNC(=O)c1ccccc1. The second-order valence-corrected chi connectivity index (χ2v) is 4.96. The van der Waals surface area contributed by atoms with Crippen molar-refractivity contribution in [2.75, 3.05) is 13.7 Å². The van der Waals surface area contributed by atoms with E-state index in [2.05, 4.69) is 15.4 Å². The van der Waals surface area contributed by atoms with Crippen LogP contribution in [0.3, 0.4) is 0 Å². The fourth-order valence-electron chi connectivity index (χ4n) is 1.86. The van der Waals surface area contributed by atoms with Gasteiger partial charge in [-0.15, -0.1) is 0 Å². The molecule has 0 unspecified atom stereocenters. The molecule has 1 aromatic carbocycles. The summed E-state index contributed by atoms with van der Waals surface area (Å²) in [6.07, 6.45) is 0.140. The zero-order valence-electron chi connectivity index (χ0n) is 13.0. The predicted octanol–water partition coefficient (Wildman–Crippen LogP) is 0.624. The minimum Gasteiger partial charge on any atom is -0.467 e. The molecule has 7 nitrogen and oxygen atoms in total. The molecule has 0 saturated carbocycles. The number of benzene rings is 1. The zero-order chi connectivity index (χ0) is 17.2. The minimum absolute atomic E-state index is 0.140. The van der Waals surface area contributed by atoms with Crippen molar-refractivity contribution < 1.29 is 19.1 Å². The lowest BCUT2D eigenvalue weighted by atomic mass is 10.0. The summed E-state index contributed by atoms with van der Waals surface area (Å²) in [7, 11) is 1.20. The lowest BCUT2D eigenvalue weighted by Gasteiger charge is -2.17. The van der Waals surface area contributed by atoms with Crippen LogP contribution in [0.15, 0.2) is 30.3 Å². The van der Waals surface area contributed by atoms with E-state index >= 15 is 0 Å². The number of methoxy groups -OCH3 is 1. The van der Waals surface area contributed by atoms with Crippen LogP contribution in [-0.2, 0) is 14.3 Å². The molecule has 0 aromatic heterocycles. The molecule has 2 amide bonds. The lowest BCUT2D eigenvalue weighted by molar-refractivity contribution is -0.145. The molecule has 0 heterocycles. The van der Waals surface area contributed by atoms with Gasteiger partial charge in [0.25, 0.3) is 5.91 Å². The van der Waals surface area contributed by atoms with E-state index in [0.717, 1.165) is 0 Å². The van der Waals surface area contributed by atoms with Gasteiger partial charge in [0, 0.05) is 11.5 Å². The first-order valence-corrected chi connectivity index (χ1v) is 7.08. The summed E-state index contributed by atoms with van der Waals surface area (Å²) in [6, 6.07) is 9.52. The predicted molar refractivity (Wildman–Crippen MR) is 82.1 cm³/mol. The van der Waals surface area contributed by atoms with E-state index in [1.54, 1.807) is 37.3 Å². The molecule has 0 aliphatic carbocycles. The first kappa shape index (κ1) is 18.2. The highest BCUT2D eigenvalue weighted by Crippen LogP contribution is 2.06. The van der Waals surface area contributed by atoms with Crippen molar-refractivity contribution in [3.63, 3.8) is 0 Å². The molecule has 2 atom stereocenters. The molecular weight excluding hydrogens is 298 g/mol. The Bertz CT molecular complexity index is 595. The van der Waals surface area contributed by atoms with Crippen LogP contribution in [0.4, 0.5) is 0 Å². The number of nitrogens with one attached hydrogen (secondary N) is 2. The molecule has 23 heavy (non-hydrogen) atoms. The lowest BCUT2D eigenvalue weighted by Crippen LogP contribution is -2.46. The van der Waals surface area contributed by atoms with Gasteiger partial charge in [-0.25, -0.2) is 4.79 Å². The summed E-state index contributed by atoms with van der Waals surface area (Å²) >= 11 is 0. The molecule has 0 aliphatic heterocycles. The topological polar surface area (TPSA) is 108 Å². The Kier molecular flexibility index (Phi) is 7.27. The number of hydrogen-bond donors (Lipinski definition) is 2. The van der Waals surface area contributed by atoms with Gasteiger partial charge in [0.2, 0.25) is 5.91 Å². The van der Waals surface area contributed by atoms with E-state index in [0.29, 0.717) is 5.56 Å². The molecule has 1 rings (SSSR count). The molecule has 7 heteroatoms. The van der Waals surface area contributed by atoms with Gasteiger partial charge in [-0.05, 0) is 25.5 Å². The maximum atomic E-state index is 11.9. The van der Waals surface area contributed by atoms with Gasteiger partial charge in [0.05, 0.1) is 19.7 Å². The molecule has 2 N–H and O–H groups in total. The number of carbonyl (C=O) groups is 3. The third-order valence-electron chi connectivity index (χ3n) is 3.08. The van der Waals surface area contributed by atoms with Crippen LogP contribution in [0.1, 0.15) is 23.7 Å². The number of rotatable bonds is 7. The Morgan fingerprint density at radius 1 is 1.26 bits per heavy atom. The minimum atomic E-state index is -0.921. The second-order valence-electron chi connectivity index (χ2n) is 4.96. The molecule has 1 aromatic rings. The number of nitrogens with zero attached hydrogens (tertiary/aromatic N) is 1. The quantitative estimate of drug-likeness (QED) is 0.717. The Balaban J connectivity index is 2.54. The number of nitriles is 1. The van der Waals surface area contributed by atoms with Gasteiger partial charge in [0.1, 0.15) is 6.04 Å². The number of ether oxygens (including phenoxy) is 1. The first-order chi connectivity index (χ1) is 11.0. The smallest absolute Gasteiger partial charge is 0.328 e. The molecule has 0 fully saturated rings. The molecule has 0 radical (unpaired) electrons. The Morgan fingerprint density at radius 3 is 2.48 bits per heavy atom. The number of esters is 1. The Morgan fingerprint density at radius 2 is 1.91 bits per heavy atom. The fourth-order valence-corrected chi connectivity index (χ4v) is 1.86. The maximum Gasteiger partial charge on any atom is 0.328 e. The first-order valence-electron chi connectivity index (χ1n) is 7.08. The van der Waals surface area contributed by atoms with Crippen LogP contribution in [0, 0.1) is 17.2 Å². The van der Waals surface area contributed by atoms with Crippen molar-refractivity contribution in [2.24, 2.45) is 5.92 Å². The van der Waals surface area contributed by atoms with Crippen LogP contribution in [-0.4, -0.2) is 37.5 Å². The van der Waals surface area contributed by atoms with Crippen LogP contribution >= 0.6 is 0 Å². The van der Waals surface area contributed by atoms with E-state index in [9.17, 15) is 14.4 Å². The van der Waals surface area contributed by atoms with E-state index in [-0.39, 0.29) is 18.9 Å². The van der Waals surface area contributed by atoms with E-state index < -0.39 is 23.8 Å². The normalized spacial score (nSPS) is 12.4. The highest BCUT2D eigenvalue weighted by Gasteiger charge is 2.23. The standard InChI is InChI=1S/C16H19N3O4/c1-11(9-17)8-13(16(22)23-2)19-14(20)10-18-15(21)12-6-4-3-5-7-12/h3-7,11,13H,8,10H2,1-2H3,(H,18,21)(H,19,20)/t11-,13+/m0/s1. The molecule has 0 saturated heterocycles. The van der Waals surface area contributed by atoms with Gasteiger partial charge in [-0.1, -0.05) is 18.2 Å². The van der Waals surface area contributed by atoms with Crippen LogP contribution in [0.5, 0.6) is 0 Å². The zero-order valence-corrected chi connectivity index (χ0v) is 13.0. The summed E-state index contributed by atoms with van der Waals surface area (Å²) in [5.41, 5.74) is 0.433. The van der Waals surface area contributed by atoms with Crippen molar-refractivity contribution in [2.45, 2.75) is 19.4 Å². The average molecular weight is 317 g/mol. The molecule has 122 valence electrons. The van der Waals surface area contributed by atoms with Gasteiger partial charge in [-0.3, -0.25) is 9.59 Å². The molecule has 0 aliphatic rings. The highest BCUT2D eigenvalue weighted by atomic mass is 16.5. The van der Waals surface area contributed by atoms with Gasteiger partial charge in [-0.2, -0.15) is 5.26 Å². The summed E-state index contributed by atoms with van der Waals surface area (Å²) in [4.78, 5) is 35.3. The fraction of sp³-hybridized carbons (Fsp3) is 0.375. The monoisotopic (exact) mass is 317 g/mol. The Hall–Kier alpha value is -2.88. The van der Waals surface area contributed by atoms with E-state index in [1.807, 2.05) is 6.07 Å². The van der Waals surface area contributed by atoms with Crippen molar-refractivity contribution in [1.82, 2.24) is 10.6 Å². The number of carbonyl (C=O) groups excluding carboxylic acids is 3. The number of amides is 2. The van der Waals surface area contributed by atoms with Crippen molar-refractivity contribution in [3.05, 3.63) is 35.9 Å². The molecular formula is C16H19N3O4. The van der Waals surface area contributed by atoms with Crippen LogP contribution < -0.4 is 10.6 Å². The van der Waals surface area contributed by atoms with Crippen LogP contribution in [0.2, 0.25) is 0 Å². The summed E-state index contributed by atoms with van der Waals surface area (Å²) in [5, 5.41) is 13.7. The van der Waals surface area contributed by atoms with Gasteiger partial charge >= 0.3 is 5.97 Å². The number of hydrogen-bond acceptors (Lipinski definition) is 5. The van der Waals surface area contributed by atoms with Crippen LogP contribution in [0.25, 0.3) is 0 Å². The maximum absolute atomic E-state index is 11.9. The van der Waals surface area contributed by atoms with Crippen molar-refractivity contribution in [3.8, 4) is 6.07 Å².